The second-order valence-corrected chi connectivity index (χ2v) is 5.21. The van der Waals surface area contributed by atoms with Crippen LogP contribution in [0.3, 0.4) is 0 Å². The van der Waals surface area contributed by atoms with Gasteiger partial charge in [-0.15, -0.1) is 11.3 Å². The predicted octanol–water partition coefficient (Wildman–Crippen LogP) is 0.727. The summed E-state index contributed by atoms with van der Waals surface area (Å²) in [7, 11) is 0. The minimum absolute atomic E-state index is 0.00361. The molecule has 1 aromatic heterocycles. The maximum Gasteiger partial charge on any atom is 0.112 e. The highest BCUT2D eigenvalue weighted by atomic mass is 32.1. The van der Waals surface area contributed by atoms with Gasteiger partial charge in [0.25, 0.3) is 0 Å². The molecule has 4 nitrogen and oxygen atoms in total. The van der Waals surface area contributed by atoms with E-state index in [9.17, 15) is 5.11 Å². The third kappa shape index (κ3) is 2.36. The molecule has 2 atom stereocenters. The van der Waals surface area contributed by atoms with E-state index in [1.165, 1.54) is 0 Å². The van der Waals surface area contributed by atoms with Crippen molar-refractivity contribution in [3.63, 3.8) is 0 Å². The van der Waals surface area contributed by atoms with Crippen LogP contribution in [-0.2, 0) is 10.3 Å². The maximum atomic E-state index is 9.65. The molecular formula is C10H16N2O2S. The first-order valence-electron chi connectivity index (χ1n) is 5.03. The summed E-state index contributed by atoms with van der Waals surface area (Å²) in [6, 6.07) is 0.00361. The van der Waals surface area contributed by atoms with Crippen LogP contribution in [0.4, 0.5) is 0 Å². The lowest BCUT2D eigenvalue weighted by Crippen LogP contribution is -2.48. The van der Waals surface area contributed by atoms with Gasteiger partial charge in [-0.3, -0.25) is 5.32 Å². The van der Waals surface area contributed by atoms with E-state index in [0.717, 1.165) is 5.01 Å². The van der Waals surface area contributed by atoms with Gasteiger partial charge in [0.15, 0.2) is 0 Å². The third-order valence-corrected chi connectivity index (χ3v) is 3.66. The summed E-state index contributed by atoms with van der Waals surface area (Å²) in [6.07, 6.45) is 1.38. The third-order valence-electron chi connectivity index (χ3n) is 2.56. The van der Waals surface area contributed by atoms with Gasteiger partial charge < -0.3 is 9.84 Å². The molecule has 0 saturated carbocycles. The van der Waals surface area contributed by atoms with Crippen molar-refractivity contribution in [2.24, 2.45) is 0 Å². The first-order valence-corrected chi connectivity index (χ1v) is 5.91. The van der Waals surface area contributed by atoms with Crippen LogP contribution in [0.1, 0.15) is 18.9 Å². The first kappa shape index (κ1) is 11.0. The number of nitrogens with zero attached hydrogens (tertiary/aromatic N) is 1. The molecule has 0 aliphatic carbocycles. The van der Waals surface area contributed by atoms with E-state index in [2.05, 4.69) is 24.1 Å². The Morgan fingerprint density at radius 3 is 2.93 bits per heavy atom. The molecule has 15 heavy (non-hydrogen) atoms. The number of ether oxygens (including phenoxy) is 1. The molecule has 0 bridgehead atoms. The molecule has 84 valence electrons. The highest BCUT2D eigenvalue weighted by Gasteiger charge is 2.33. The zero-order valence-corrected chi connectivity index (χ0v) is 9.75. The molecule has 1 aliphatic heterocycles. The van der Waals surface area contributed by atoms with E-state index in [1.54, 1.807) is 17.5 Å². The Kier molecular flexibility index (Phi) is 3.06. The molecule has 1 fully saturated rings. The van der Waals surface area contributed by atoms with Gasteiger partial charge in [0.2, 0.25) is 0 Å². The van der Waals surface area contributed by atoms with Crippen molar-refractivity contribution in [3.05, 3.63) is 16.6 Å². The summed E-state index contributed by atoms with van der Waals surface area (Å²) >= 11 is 1.62. The molecule has 1 saturated heterocycles. The highest BCUT2D eigenvalue weighted by Crippen LogP contribution is 2.24. The maximum absolute atomic E-state index is 9.65. The zero-order chi connectivity index (χ0) is 10.9. The van der Waals surface area contributed by atoms with E-state index in [0.29, 0.717) is 13.2 Å². The minimum Gasteiger partial charge on any atom is -0.389 e. The fourth-order valence-electron chi connectivity index (χ4n) is 1.74. The van der Waals surface area contributed by atoms with Gasteiger partial charge >= 0.3 is 0 Å². The van der Waals surface area contributed by atoms with Gasteiger partial charge in [0.1, 0.15) is 5.01 Å². The van der Waals surface area contributed by atoms with Crippen LogP contribution >= 0.6 is 11.3 Å². The number of aliphatic hydroxyl groups is 1. The first-order chi connectivity index (χ1) is 7.09. The summed E-state index contributed by atoms with van der Waals surface area (Å²) in [5.41, 5.74) is -0.215. The van der Waals surface area contributed by atoms with Crippen molar-refractivity contribution in [3.8, 4) is 0 Å². The largest absolute Gasteiger partial charge is 0.389 e. The number of nitrogens with one attached hydrogen (secondary N) is 1. The van der Waals surface area contributed by atoms with Crippen LogP contribution in [-0.4, -0.2) is 35.5 Å². The number of aromatic nitrogens is 1. The molecular weight excluding hydrogens is 212 g/mol. The van der Waals surface area contributed by atoms with Crippen LogP contribution in [0.5, 0.6) is 0 Å². The Hall–Kier alpha value is -0.490. The number of rotatable bonds is 3. The lowest BCUT2D eigenvalue weighted by molar-refractivity contribution is 0.118. The van der Waals surface area contributed by atoms with Crippen molar-refractivity contribution in [2.75, 3.05) is 13.2 Å². The van der Waals surface area contributed by atoms with Crippen LogP contribution in [0, 0.1) is 0 Å². The predicted molar refractivity (Wildman–Crippen MR) is 58.9 cm³/mol. The minimum atomic E-state index is -0.413. The Bertz CT molecular complexity index is 313. The SMILES string of the molecule is CC(C)(NC1COCC1O)c1nccs1. The molecule has 0 spiro atoms. The summed E-state index contributed by atoms with van der Waals surface area (Å²) in [4.78, 5) is 4.29. The molecule has 0 radical (unpaired) electrons. The normalized spacial score (nSPS) is 27.1. The molecule has 0 amide bonds. The Labute approximate surface area is 93.3 Å². The Balaban J connectivity index is 2.04. The van der Waals surface area contributed by atoms with Crippen molar-refractivity contribution in [2.45, 2.75) is 31.5 Å². The topological polar surface area (TPSA) is 54.4 Å². The quantitative estimate of drug-likeness (QED) is 0.800. The zero-order valence-electron chi connectivity index (χ0n) is 8.93. The summed E-state index contributed by atoms with van der Waals surface area (Å²) in [6.45, 7) is 5.12. The Morgan fingerprint density at radius 2 is 2.40 bits per heavy atom. The van der Waals surface area contributed by atoms with Crippen LogP contribution in [0.25, 0.3) is 0 Å². The Morgan fingerprint density at radius 1 is 1.60 bits per heavy atom. The van der Waals surface area contributed by atoms with Crippen molar-refractivity contribution in [1.82, 2.24) is 10.3 Å². The van der Waals surface area contributed by atoms with Gasteiger partial charge in [-0.25, -0.2) is 4.98 Å². The molecule has 1 aliphatic rings. The van der Waals surface area contributed by atoms with E-state index in [4.69, 9.17) is 4.74 Å². The monoisotopic (exact) mass is 228 g/mol. The van der Waals surface area contributed by atoms with E-state index in [-0.39, 0.29) is 11.6 Å². The van der Waals surface area contributed by atoms with E-state index >= 15 is 0 Å². The summed E-state index contributed by atoms with van der Waals surface area (Å²) in [5, 5.41) is 16.0. The lowest BCUT2D eigenvalue weighted by atomic mass is 10.0. The van der Waals surface area contributed by atoms with Crippen LogP contribution in [0.15, 0.2) is 11.6 Å². The second kappa shape index (κ2) is 4.17. The molecule has 2 N–H and O–H groups in total. The smallest absolute Gasteiger partial charge is 0.112 e. The van der Waals surface area contributed by atoms with Crippen LogP contribution in [0.2, 0.25) is 0 Å². The van der Waals surface area contributed by atoms with Gasteiger partial charge in [-0.1, -0.05) is 0 Å². The number of hydrogen-bond donors (Lipinski definition) is 2. The van der Waals surface area contributed by atoms with E-state index in [1.807, 2.05) is 5.38 Å². The molecule has 2 heterocycles. The lowest BCUT2D eigenvalue weighted by Gasteiger charge is -2.28. The van der Waals surface area contributed by atoms with Crippen molar-refractivity contribution >= 4 is 11.3 Å². The number of aliphatic hydroxyl groups excluding tert-OH is 1. The second-order valence-electron chi connectivity index (χ2n) is 4.32. The van der Waals surface area contributed by atoms with E-state index < -0.39 is 6.10 Å². The standard InChI is InChI=1S/C10H16N2O2S/c1-10(2,9-11-3-4-15-9)12-7-5-14-6-8(7)13/h3-4,7-8,12-13H,5-6H2,1-2H3. The summed E-state index contributed by atoms with van der Waals surface area (Å²) < 4.78 is 5.20. The molecule has 2 unspecified atom stereocenters. The van der Waals surface area contributed by atoms with Crippen molar-refractivity contribution < 1.29 is 9.84 Å². The molecule has 5 heteroatoms. The average Bonchev–Trinajstić information content (AvgIpc) is 2.77. The van der Waals surface area contributed by atoms with Gasteiger partial charge in [-0.2, -0.15) is 0 Å². The molecule has 0 aromatic carbocycles. The summed E-state index contributed by atoms with van der Waals surface area (Å²) in [5.74, 6) is 0. The number of hydrogen-bond acceptors (Lipinski definition) is 5. The fraction of sp³-hybridized carbons (Fsp3) is 0.700. The van der Waals surface area contributed by atoms with Crippen LogP contribution < -0.4 is 5.32 Å². The van der Waals surface area contributed by atoms with Gasteiger partial charge in [-0.05, 0) is 13.8 Å². The molecule has 2 rings (SSSR count). The van der Waals surface area contributed by atoms with Gasteiger partial charge in [0, 0.05) is 11.6 Å². The van der Waals surface area contributed by atoms with Gasteiger partial charge in [0.05, 0.1) is 30.9 Å². The average molecular weight is 228 g/mol. The fourth-order valence-corrected chi connectivity index (χ4v) is 2.46. The number of thiazole rings is 1. The van der Waals surface area contributed by atoms with Crippen molar-refractivity contribution in [1.29, 1.82) is 0 Å². The highest BCUT2D eigenvalue weighted by molar-refractivity contribution is 7.09. The molecule has 1 aromatic rings.